The summed E-state index contributed by atoms with van der Waals surface area (Å²) in [6.07, 6.45) is 0. The topological polar surface area (TPSA) is 61.9 Å². The van der Waals surface area contributed by atoms with Crippen LogP contribution < -0.4 is 10.1 Å². The van der Waals surface area contributed by atoms with Crippen LogP contribution in [0.25, 0.3) is 0 Å². The summed E-state index contributed by atoms with van der Waals surface area (Å²) < 4.78 is 5.20. The molecule has 1 aliphatic rings. The SMILES string of the molecule is COc1cccc(C(=O)N2CCN(C(C)C(=O)Nc3ccccc3C)CC2)c1. The highest BCUT2D eigenvalue weighted by Gasteiger charge is 2.28. The molecule has 6 heteroatoms. The Morgan fingerprint density at radius 1 is 1.04 bits per heavy atom. The maximum absolute atomic E-state index is 12.7. The van der Waals surface area contributed by atoms with E-state index in [9.17, 15) is 9.59 Å². The Bertz CT molecular complexity index is 844. The summed E-state index contributed by atoms with van der Waals surface area (Å²) >= 11 is 0. The number of carbonyl (C=O) groups excluding carboxylic acids is 2. The molecule has 1 atom stereocenters. The number of para-hydroxylation sites is 1. The number of nitrogens with zero attached hydrogens (tertiary/aromatic N) is 2. The first kappa shape index (κ1) is 19.9. The molecule has 1 unspecified atom stereocenters. The molecule has 0 radical (unpaired) electrons. The summed E-state index contributed by atoms with van der Waals surface area (Å²) in [5.74, 6) is 0.642. The van der Waals surface area contributed by atoms with E-state index in [1.165, 1.54) is 0 Å². The Kier molecular flexibility index (Phi) is 6.31. The molecule has 1 heterocycles. The number of ether oxygens (including phenoxy) is 1. The minimum atomic E-state index is -0.256. The maximum atomic E-state index is 12.7. The Morgan fingerprint density at radius 3 is 2.43 bits per heavy atom. The van der Waals surface area contributed by atoms with E-state index in [2.05, 4.69) is 10.2 Å². The number of piperazine rings is 1. The van der Waals surface area contributed by atoms with Gasteiger partial charge in [0.15, 0.2) is 0 Å². The van der Waals surface area contributed by atoms with E-state index < -0.39 is 0 Å². The zero-order chi connectivity index (χ0) is 20.1. The van der Waals surface area contributed by atoms with E-state index in [-0.39, 0.29) is 17.9 Å². The highest BCUT2D eigenvalue weighted by molar-refractivity contribution is 5.96. The van der Waals surface area contributed by atoms with Crippen molar-refractivity contribution in [3.63, 3.8) is 0 Å². The number of benzene rings is 2. The van der Waals surface area contributed by atoms with Crippen LogP contribution in [0.2, 0.25) is 0 Å². The van der Waals surface area contributed by atoms with Crippen LogP contribution in [0.15, 0.2) is 48.5 Å². The number of rotatable bonds is 5. The monoisotopic (exact) mass is 381 g/mol. The molecule has 1 aliphatic heterocycles. The van der Waals surface area contributed by atoms with Gasteiger partial charge >= 0.3 is 0 Å². The molecule has 3 rings (SSSR count). The van der Waals surface area contributed by atoms with Gasteiger partial charge in [0.1, 0.15) is 5.75 Å². The quantitative estimate of drug-likeness (QED) is 0.865. The van der Waals surface area contributed by atoms with Crippen LogP contribution in [0.3, 0.4) is 0 Å². The van der Waals surface area contributed by atoms with Crippen molar-refractivity contribution in [3.05, 3.63) is 59.7 Å². The third-order valence-corrected chi connectivity index (χ3v) is 5.25. The Labute approximate surface area is 166 Å². The smallest absolute Gasteiger partial charge is 0.254 e. The molecular weight excluding hydrogens is 354 g/mol. The third kappa shape index (κ3) is 4.51. The van der Waals surface area contributed by atoms with Crippen molar-refractivity contribution < 1.29 is 14.3 Å². The lowest BCUT2D eigenvalue weighted by molar-refractivity contribution is -0.121. The van der Waals surface area contributed by atoms with Crippen LogP contribution >= 0.6 is 0 Å². The first-order valence-electron chi connectivity index (χ1n) is 9.53. The molecule has 6 nitrogen and oxygen atoms in total. The van der Waals surface area contributed by atoms with Crippen LogP contribution in [0.1, 0.15) is 22.8 Å². The largest absolute Gasteiger partial charge is 0.497 e. The zero-order valence-electron chi connectivity index (χ0n) is 16.6. The molecule has 28 heavy (non-hydrogen) atoms. The molecular formula is C22H27N3O3. The fourth-order valence-corrected chi connectivity index (χ4v) is 3.37. The van der Waals surface area contributed by atoms with Gasteiger partial charge in [-0.25, -0.2) is 0 Å². The standard InChI is InChI=1S/C22H27N3O3/c1-16-7-4-5-10-20(16)23-21(26)17(2)24-11-13-25(14-12-24)22(27)18-8-6-9-19(15-18)28-3/h4-10,15,17H,11-14H2,1-3H3,(H,23,26). The number of anilines is 1. The van der Waals surface area contributed by atoms with Gasteiger partial charge in [-0.15, -0.1) is 0 Å². The lowest BCUT2D eigenvalue weighted by Gasteiger charge is -2.37. The molecule has 0 aromatic heterocycles. The predicted octanol–water partition coefficient (Wildman–Crippen LogP) is 2.79. The first-order chi connectivity index (χ1) is 13.5. The van der Waals surface area contributed by atoms with E-state index in [1.54, 1.807) is 19.2 Å². The Hall–Kier alpha value is -2.86. The summed E-state index contributed by atoms with van der Waals surface area (Å²) in [6.45, 7) is 6.41. The number of nitrogens with one attached hydrogen (secondary N) is 1. The van der Waals surface area contributed by atoms with E-state index in [0.29, 0.717) is 37.5 Å². The van der Waals surface area contributed by atoms with E-state index in [4.69, 9.17) is 4.74 Å². The molecule has 0 aliphatic carbocycles. The second-order valence-electron chi connectivity index (χ2n) is 7.04. The minimum Gasteiger partial charge on any atom is -0.497 e. The average Bonchev–Trinajstić information content (AvgIpc) is 2.74. The van der Waals surface area contributed by atoms with Gasteiger partial charge in [-0.2, -0.15) is 0 Å². The lowest BCUT2D eigenvalue weighted by Crippen LogP contribution is -2.54. The zero-order valence-corrected chi connectivity index (χ0v) is 16.6. The normalized spacial score (nSPS) is 15.8. The summed E-state index contributed by atoms with van der Waals surface area (Å²) in [5, 5.41) is 3.00. The number of hydrogen-bond acceptors (Lipinski definition) is 4. The molecule has 1 saturated heterocycles. The van der Waals surface area contributed by atoms with E-state index in [0.717, 1.165) is 11.3 Å². The summed E-state index contributed by atoms with van der Waals surface area (Å²) in [6, 6.07) is 14.7. The molecule has 2 amide bonds. The Morgan fingerprint density at radius 2 is 1.75 bits per heavy atom. The molecule has 1 N–H and O–H groups in total. The van der Waals surface area contributed by atoms with Gasteiger partial charge in [0.25, 0.3) is 5.91 Å². The molecule has 1 fully saturated rings. The van der Waals surface area contributed by atoms with Crippen molar-refractivity contribution in [2.45, 2.75) is 19.9 Å². The van der Waals surface area contributed by atoms with Crippen LogP contribution in [-0.2, 0) is 4.79 Å². The van der Waals surface area contributed by atoms with Gasteiger partial charge in [-0.05, 0) is 43.7 Å². The first-order valence-corrected chi connectivity index (χ1v) is 9.53. The highest BCUT2D eigenvalue weighted by atomic mass is 16.5. The van der Waals surface area contributed by atoms with Gasteiger partial charge in [-0.3, -0.25) is 14.5 Å². The number of carbonyl (C=O) groups is 2. The Balaban J connectivity index is 1.56. The van der Waals surface area contributed by atoms with Crippen molar-refractivity contribution in [2.75, 3.05) is 38.6 Å². The molecule has 0 bridgehead atoms. The van der Waals surface area contributed by atoms with E-state index in [1.807, 2.05) is 55.1 Å². The average molecular weight is 381 g/mol. The van der Waals surface area contributed by atoms with Crippen molar-refractivity contribution >= 4 is 17.5 Å². The fraction of sp³-hybridized carbons (Fsp3) is 0.364. The second-order valence-corrected chi connectivity index (χ2v) is 7.04. The van der Waals surface area contributed by atoms with Crippen molar-refractivity contribution in [1.82, 2.24) is 9.80 Å². The van der Waals surface area contributed by atoms with Crippen LogP contribution in [0.4, 0.5) is 5.69 Å². The van der Waals surface area contributed by atoms with Crippen molar-refractivity contribution in [1.29, 1.82) is 0 Å². The molecule has 2 aromatic rings. The maximum Gasteiger partial charge on any atom is 0.254 e. The van der Waals surface area contributed by atoms with Crippen molar-refractivity contribution in [2.24, 2.45) is 0 Å². The predicted molar refractivity (Wildman–Crippen MR) is 110 cm³/mol. The third-order valence-electron chi connectivity index (χ3n) is 5.25. The lowest BCUT2D eigenvalue weighted by atomic mass is 10.1. The van der Waals surface area contributed by atoms with Gasteiger partial charge in [-0.1, -0.05) is 24.3 Å². The number of hydrogen-bond donors (Lipinski definition) is 1. The van der Waals surface area contributed by atoms with Gasteiger partial charge < -0.3 is 15.0 Å². The van der Waals surface area contributed by atoms with Crippen LogP contribution in [0.5, 0.6) is 5.75 Å². The number of aryl methyl sites for hydroxylation is 1. The summed E-state index contributed by atoms with van der Waals surface area (Å²) in [4.78, 5) is 29.3. The van der Waals surface area contributed by atoms with Gasteiger partial charge in [0.2, 0.25) is 5.91 Å². The van der Waals surface area contributed by atoms with Crippen molar-refractivity contribution in [3.8, 4) is 5.75 Å². The molecule has 0 saturated carbocycles. The highest BCUT2D eigenvalue weighted by Crippen LogP contribution is 2.17. The van der Waals surface area contributed by atoms with E-state index >= 15 is 0 Å². The van der Waals surface area contributed by atoms with Crippen LogP contribution in [0, 0.1) is 6.92 Å². The van der Waals surface area contributed by atoms with Gasteiger partial charge in [0.05, 0.1) is 13.2 Å². The molecule has 2 aromatic carbocycles. The fourth-order valence-electron chi connectivity index (χ4n) is 3.37. The van der Waals surface area contributed by atoms with Gasteiger partial charge in [0, 0.05) is 37.4 Å². The number of amides is 2. The minimum absolute atomic E-state index is 0.00411. The summed E-state index contributed by atoms with van der Waals surface area (Å²) in [7, 11) is 1.59. The molecule has 0 spiro atoms. The second kappa shape index (κ2) is 8.89. The summed E-state index contributed by atoms with van der Waals surface area (Å²) in [5.41, 5.74) is 2.50. The van der Waals surface area contributed by atoms with Crippen LogP contribution in [-0.4, -0.2) is 60.9 Å². The number of methoxy groups -OCH3 is 1. The molecule has 148 valence electrons.